The van der Waals surface area contributed by atoms with Crippen LogP contribution in [-0.4, -0.2) is 21.9 Å². The molecule has 0 saturated heterocycles. The molecule has 0 aromatic rings. The SMILES string of the molecule is [2H]C1([2H])/C(=C/C=C2\CCC[C@]3(C)[C@@H]([C@H](C)CCCC(C)(C)O)CC[C@@H]23)C(=C)CC[C@]1([2H])O. The number of hydrogen-bond acceptors (Lipinski definition) is 2. The molecule has 0 heterocycles. The zero-order chi connectivity index (χ0) is 23.9. The van der Waals surface area contributed by atoms with Crippen molar-refractivity contribution in [3.63, 3.8) is 0 Å². The van der Waals surface area contributed by atoms with Crippen molar-refractivity contribution >= 4 is 0 Å². The van der Waals surface area contributed by atoms with Gasteiger partial charge in [0.15, 0.2) is 0 Å². The first-order valence-corrected chi connectivity index (χ1v) is 11.7. The Kier molecular flexibility index (Phi) is 5.92. The fraction of sp³-hybridized carbons (Fsp3) is 0.778. The van der Waals surface area contributed by atoms with E-state index >= 15 is 0 Å². The molecule has 0 aromatic heterocycles. The second-order valence-corrected chi connectivity index (χ2v) is 10.8. The van der Waals surface area contributed by atoms with Crippen LogP contribution in [0.5, 0.6) is 0 Å². The summed E-state index contributed by atoms with van der Waals surface area (Å²) in [5.74, 6) is 1.84. The molecule has 2 N–H and O–H groups in total. The van der Waals surface area contributed by atoms with Crippen LogP contribution < -0.4 is 0 Å². The lowest BCUT2D eigenvalue weighted by Crippen LogP contribution is -2.36. The summed E-state index contributed by atoms with van der Waals surface area (Å²) in [6, 6.07) is 0. The van der Waals surface area contributed by atoms with Gasteiger partial charge in [-0.3, -0.25) is 0 Å². The van der Waals surface area contributed by atoms with E-state index in [-0.39, 0.29) is 11.8 Å². The van der Waals surface area contributed by atoms with Gasteiger partial charge in [0.05, 0.1) is 13.1 Å². The van der Waals surface area contributed by atoms with Crippen LogP contribution in [0.1, 0.15) is 102 Å². The van der Waals surface area contributed by atoms with E-state index in [4.69, 9.17) is 4.11 Å². The molecule has 3 aliphatic carbocycles. The predicted molar refractivity (Wildman–Crippen MR) is 123 cm³/mol. The molecule has 0 spiro atoms. The Morgan fingerprint density at radius 3 is 2.79 bits per heavy atom. The summed E-state index contributed by atoms with van der Waals surface area (Å²) in [7, 11) is 0. The van der Waals surface area contributed by atoms with Crippen molar-refractivity contribution < 1.29 is 14.3 Å². The normalized spacial score (nSPS) is 43.0. The molecular weight excluding hydrogens is 356 g/mol. The van der Waals surface area contributed by atoms with Crippen molar-refractivity contribution in [3.05, 3.63) is 35.5 Å². The zero-order valence-corrected chi connectivity index (χ0v) is 19.1. The quantitative estimate of drug-likeness (QED) is 0.516. The van der Waals surface area contributed by atoms with Gasteiger partial charge in [-0.05, 0) is 100 Å². The molecule has 0 bridgehead atoms. The largest absolute Gasteiger partial charge is 0.393 e. The van der Waals surface area contributed by atoms with E-state index in [1.165, 1.54) is 24.8 Å². The lowest BCUT2D eigenvalue weighted by Gasteiger charge is -2.44. The number of fused-ring (bicyclic) bond motifs is 1. The van der Waals surface area contributed by atoms with Gasteiger partial charge in [-0.2, -0.15) is 0 Å². The van der Waals surface area contributed by atoms with Crippen LogP contribution in [0.4, 0.5) is 0 Å². The molecule has 0 aromatic carbocycles. The van der Waals surface area contributed by atoms with Crippen molar-refractivity contribution in [3.8, 4) is 0 Å². The first-order chi connectivity index (χ1) is 14.7. The van der Waals surface area contributed by atoms with Crippen LogP contribution in [0.15, 0.2) is 35.5 Å². The van der Waals surface area contributed by atoms with E-state index in [0.29, 0.717) is 35.3 Å². The molecule has 29 heavy (non-hydrogen) atoms. The summed E-state index contributed by atoms with van der Waals surface area (Å²) >= 11 is 0. The minimum Gasteiger partial charge on any atom is -0.393 e. The van der Waals surface area contributed by atoms with Crippen LogP contribution >= 0.6 is 0 Å². The highest BCUT2D eigenvalue weighted by molar-refractivity contribution is 5.36. The molecule has 5 atom stereocenters. The Bertz CT molecular complexity index is 774. The Hall–Kier alpha value is -0.860. The second-order valence-electron chi connectivity index (χ2n) is 10.8. The van der Waals surface area contributed by atoms with Crippen molar-refractivity contribution in [1.82, 2.24) is 0 Å². The third-order valence-electron chi connectivity index (χ3n) is 7.96. The summed E-state index contributed by atoms with van der Waals surface area (Å²) in [6.45, 7) is 12.7. The number of aliphatic hydroxyl groups is 2. The molecule has 0 amide bonds. The Morgan fingerprint density at radius 2 is 2.07 bits per heavy atom. The van der Waals surface area contributed by atoms with Crippen molar-refractivity contribution in [2.45, 2.75) is 110 Å². The molecule has 3 fully saturated rings. The third kappa shape index (κ3) is 5.44. The molecular formula is C27H44O2. The average molecular weight is 404 g/mol. The monoisotopic (exact) mass is 403 g/mol. The zero-order valence-electron chi connectivity index (χ0n) is 22.1. The van der Waals surface area contributed by atoms with Crippen LogP contribution in [0.25, 0.3) is 0 Å². The maximum absolute atomic E-state index is 10.3. The van der Waals surface area contributed by atoms with Crippen LogP contribution in [-0.2, 0) is 0 Å². The molecule has 2 nitrogen and oxygen atoms in total. The van der Waals surface area contributed by atoms with Crippen LogP contribution in [0, 0.1) is 23.2 Å². The van der Waals surface area contributed by atoms with E-state index in [2.05, 4.69) is 26.5 Å². The fourth-order valence-corrected chi connectivity index (χ4v) is 6.33. The van der Waals surface area contributed by atoms with Crippen LogP contribution in [0.2, 0.25) is 0 Å². The maximum Gasteiger partial charge on any atom is 0.0604 e. The van der Waals surface area contributed by atoms with Gasteiger partial charge >= 0.3 is 0 Å². The smallest absolute Gasteiger partial charge is 0.0604 e. The third-order valence-corrected chi connectivity index (χ3v) is 7.96. The molecule has 2 heteroatoms. The van der Waals surface area contributed by atoms with Gasteiger partial charge in [0, 0.05) is 2.74 Å². The van der Waals surface area contributed by atoms with E-state index in [9.17, 15) is 10.2 Å². The first kappa shape index (κ1) is 18.9. The van der Waals surface area contributed by atoms with Crippen molar-refractivity contribution in [1.29, 1.82) is 0 Å². The van der Waals surface area contributed by atoms with Crippen molar-refractivity contribution in [2.75, 3.05) is 0 Å². The lowest BCUT2D eigenvalue weighted by molar-refractivity contribution is 0.0596. The molecule has 0 aliphatic heterocycles. The highest BCUT2D eigenvalue weighted by Gasteiger charge is 2.50. The molecule has 3 rings (SSSR count). The first-order valence-electron chi connectivity index (χ1n) is 13.2. The maximum atomic E-state index is 10.3. The van der Waals surface area contributed by atoms with Gasteiger partial charge in [0.1, 0.15) is 0 Å². The Balaban J connectivity index is 1.78. The summed E-state index contributed by atoms with van der Waals surface area (Å²) in [5.41, 5.74) is 2.17. The highest BCUT2D eigenvalue weighted by Crippen LogP contribution is 2.60. The van der Waals surface area contributed by atoms with Gasteiger partial charge in [0.2, 0.25) is 0 Å². The molecule has 164 valence electrons. The number of hydrogen-bond donors (Lipinski definition) is 2. The minimum atomic E-state index is -2.11. The van der Waals surface area contributed by atoms with E-state index < -0.39 is 18.1 Å². The van der Waals surface area contributed by atoms with Gasteiger partial charge < -0.3 is 10.2 Å². The topological polar surface area (TPSA) is 40.5 Å². The van der Waals surface area contributed by atoms with Gasteiger partial charge in [0.25, 0.3) is 0 Å². The highest BCUT2D eigenvalue weighted by atomic mass is 16.3. The average Bonchev–Trinajstić information content (AvgIpc) is 3.02. The number of allylic oxidation sites excluding steroid dienone is 4. The van der Waals surface area contributed by atoms with E-state index in [1.54, 1.807) is 0 Å². The number of rotatable bonds is 6. The summed E-state index contributed by atoms with van der Waals surface area (Å²) in [5, 5.41) is 20.4. The van der Waals surface area contributed by atoms with Crippen LogP contribution in [0.3, 0.4) is 0 Å². The summed E-state index contributed by atoms with van der Waals surface area (Å²) < 4.78 is 24.8. The van der Waals surface area contributed by atoms with E-state index in [1.807, 2.05) is 19.9 Å². The van der Waals surface area contributed by atoms with Crippen molar-refractivity contribution in [2.24, 2.45) is 23.2 Å². The van der Waals surface area contributed by atoms with Gasteiger partial charge in [-0.1, -0.05) is 56.6 Å². The molecule has 3 aliphatic rings. The Morgan fingerprint density at radius 1 is 1.31 bits per heavy atom. The van der Waals surface area contributed by atoms with Gasteiger partial charge in [-0.15, -0.1) is 0 Å². The molecule has 3 saturated carbocycles. The summed E-state index contributed by atoms with van der Waals surface area (Å²) in [4.78, 5) is 0. The Labute approximate surface area is 183 Å². The van der Waals surface area contributed by atoms with E-state index in [0.717, 1.165) is 32.1 Å². The standard InChI is InChI=1S/C27H44O2/c1-19-10-13-23(28)18-22(19)12-11-21-9-7-17-27(5)24(14-15-25(21)27)20(2)8-6-16-26(3,4)29/h11-12,20,23-25,28-29H,1,6-10,13-18H2,2-5H3/b21-11+,22-12-/t20-,23+,24-,25+,27-/m1/s1/i18D2,23D. The fourth-order valence-electron chi connectivity index (χ4n) is 6.33. The molecule has 0 unspecified atom stereocenters. The summed E-state index contributed by atoms with van der Waals surface area (Å²) in [6.07, 6.45) is 9.18. The minimum absolute atomic E-state index is 0.0838. The van der Waals surface area contributed by atoms with Gasteiger partial charge in [-0.25, -0.2) is 0 Å². The predicted octanol–water partition coefficient (Wildman–Crippen LogP) is 6.73. The molecule has 0 radical (unpaired) electrons. The lowest BCUT2D eigenvalue weighted by atomic mass is 9.60. The second kappa shape index (κ2) is 9.10.